The highest BCUT2D eigenvalue weighted by molar-refractivity contribution is 5.84. The van der Waals surface area contributed by atoms with Crippen molar-refractivity contribution in [1.29, 1.82) is 0 Å². The number of rotatable bonds is 12. The zero-order chi connectivity index (χ0) is 20.4. The van der Waals surface area contributed by atoms with Crippen LogP contribution in [0.2, 0.25) is 0 Å². The predicted molar refractivity (Wildman–Crippen MR) is 108 cm³/mol. The first-order chi connectivity index (χ1) is 13.5. The molecule has 4 atom stereocenters. The Labute approximate surface area is 167 Å². The Morgan fingerprint density at radius 1 is 1.14 bits per heavy atom. The van der Waals surface area contributed by atoms with Crippen molar-refractivity contribution in [3.8, 4) is 0 Å². The van der Waals surface area contributed by atoms with Crippen LogP contribution >= 0.6 is 0 Å². The Morgan fingerprint density at radius 3 is 2.57 bits per heavy atom. The molecule has 1 saturated carbocycles. The molecule has 0 aliphatic heterocycles. The second-order valence-electron chi connectivity index (χ2n) is 7.74. The van der Waals surface area contributed by atoms with Crippen LogP contribution in [-0.4, -0.2) is 39.3 Å². The van der Waals surface area contributed by atoms with Crippen LogP contribution in [0.4, 0.5) is 0 Å². The van der Waals surface area contributed by atoms with Crippen LogP contribution in [-0.2, 0) is 16.0 Å². The van der Waals surface area contributed by atoms with Gasteiger partial charge in [0.05, 0.1) is 12.2 Å². The number of Topliss-reactive ketones (excluding diaryl/α,β-unsaturated/α-hetero) is 1. The Bertz CT molecular complexity index is 640. The minimum Gasteiger partial charge on any atom is -0.481 e. The van der Waals surface area contributed by atoms with E-state index in [2.05, 4.69) is 0 Å². The standard InChI is InChI=1S/C23H32O5/c24-18(13-12-17-8-4-3-5-9-17)14-15-20-19(21(25)16-22(20)26)10-6-1-2-7-11-23(27)28/h3-5,8-9,14-15,18-20,22,24,26H,1-2,6-7,10-13,16H2,(H,27,28)/b15-14+/t18-,19+,20+,22+/m0/s1. The lowest BCUT2D eigenvalue weighted by Gasteiger charge is -2.18. The molecule has 0 bridgehead atoms. The maximum absolute atomic E-state index is 12.2. The van der Waals surface area contributed by atoms with E-state index in [1.807, 2.05) is 36.4 Å². The number of hydrogen-bond donors (Lipinski definition) is 3. The number of ketones is 1. The number of hydrogen-bond acceptors (Lipinski definition) is 4. The van der Waals surface area contributed by atoms with Crippen molar-refractivity contribution >= 4 is 11.8 Å². The fourth-order valence-corrected chi connectivity index (χ4v) is 3.90. The molecular weight excluding hydrogens is 356 g/mol. The number of carbonyl (C=O) groups is 2. The van der Waals surface area contributed by atoms with Crippen molar-refractivity contribution in [1.82, 2.24) is 0 Å². The van der Waals surface area contributed by atoms with E-state index in [0.717, 1.165) is 25.7 Å². The largest absolute Gasteiger partial charge is 0.481 e. The summed E-state index contributed by atoms with van der Waals surface area (Å²) in [5.74, 6) is -1.12. The number of unbranched alkanes of at least 4 members (excludes halogenated alkanes) is 3. The minimum absolute atomic E-state index is 0.0893. The molecular formula is C23H32O5. The second-order valence-corrected chi connectivity index (χ2v) is 7.74. The van der Waals surface area contributed by atoms with Crippen molar-refractivity contribution in [3.05, 3.63) is 48.0 Å². The van der Waals surface area contributed by atoms with Gasteiger partial charge in [0.25, 0.3) is 0 Å². The van der Waals surface area contributed by atoms with Crippen LogP contribution in [0.15, 0.2) is 42.5 Å². The van der Waals surface area contributed by atoms with Gasteiger partial charge in [-0.15, -0.1) is 0 Å². The molecule has 3 N–H and O–H groups in total. The molecule has 0 amide bonds. The van der Waals surface area contributed by atoms with Gasteiger partial charge in [-0.2, -0.15) is 0 Å². The number of aliphatic hydroxyl groups excluding tert-OH is 2. The van der Waals surface area contributed by atoms with Gasteiger partial charge < -0.3 is 15.3 Å². The molecule has 0 unspecified atom stereocenters. The third kappa shape index (κ3) is 7.56. The van der Waals surface area contributed by atoms with E-state index in [0.29, 0.717) is 19.3 Å². The highest BCUT2D eigenvalue weighted by Gasteiger charge is 2.39. The van der Waals surface area contributed by atoms with Gasteiger partial charge in [-0.05, 0) is 31.2 Å². The SMILES string of the molecule is O=C(O)CCCCCC[C@H]1C(=O)C[C@@H](O)[C@@H]1/C=C/[C@@H](O)CCc1ccccc1. The number of benzene rings is 1. The Kier molecular flexibility index (Phi) is 9.38. The van der Waals surface area contributed by atoms with E-state index < -0.39 is 18.2 Å². The van der Waals surface area contributed by atoms with E-state index in [-0.39, 0.29) is 30.5 Å². The number of carboxylic acids is 1. The van der Waals surface area contributed by atoms with Gasteiger partial charge in [0.1, 0.15) is 5.78 Å². The number of aliphatic carboxylic acids is 1. The third-order valence-corrected chi connectivity index (χ3v) is 5.52. The van der Waals surface area contributed by atoms with Gasteiger partial charge in [-0.1, -0.05) is 61.7 Å². The summed E-state index contributed by atoms with van der Waals surface area (Å²) >= 11 is 0. The van der Waals surface area contributed by atoms with Gasteiger partial charge in [0.15, 0.2) is 0 Å². The zero-order valence-electron chi connectivity index (χ0n) is 16.4. The molecule has 0 aromatic heterocycles. The monoisotopic (exact) mass is 388 g/mol. The fraction of sp³-hybridized carbons (Fsp3) is 0.565. The second kappa shape index (κ2) is 11.8. The predicted octanol–water partition coefficient (Wildman–Crippen LogP) is 3.53. The topological polar surface area (TPSA) is 94.8 Å². The Morgan fingerprint density at radius 2 is 1.86 bits per heavy atom. The van der Waals surface area contributed by atoms with Crippen LogP contribution in [0.3, 0.4) is 0 Å². The molecule has 2 rings (SSSR count). The third-order valence-electron chi connectivity index (χ3n) is 5.52. The number of aliphatic hydroxyl groups is 2. The molecule has 1 aliphatic rings. The molecule has 5 nitrogen and oxygen atoms in total. The summed E-state index contributed by atoms with van der Waals surface area (Å²) in [6.45, 7) is 0. The van der Waals surface area contributed by atoms with Crippen LogP contribution in [0, 0.1) is 11.8 Å². The molecule has 0 heterocycles. The summed E-state index contributed by atoms with van der Waals surface area (Å²) in [6, 6.07) is 9.98. The summed E-state index contributed by atoms with van der Waals surface area (Å²) in [6.07, 6.45) is 7.96. The summed E-state index contributed by atoms with van der Waals surface area (Å²) in [7, 11) is 0. The van der Waals surface area contributed by atoms with E-state index in [9.17, 15) is 19.8 Å². The van der Waals surface area contributed by atoms with Crippen molar-refractivity contribution in [2.45, 2.75) is 70.0 Å². The first-order valence-corrected chi connectivity index (χ1v) is 10.3. The van der Waals surface area contributed by atoms with E-state index in [1.165, 1.54) is 5.56 Å². The van der Waals surface area contributed by atoms with Gasteiger partial charge >= 0.3 is 5.97 Å². The molecule has 154 valence electrons. The van der Waals surface area contributed by atoms with Gasteiger partial charge in [-0.25, -0.2) is 0 Å². The summed E-state index contributed by atoms with van der Waals surface area (Å²) < 4.78 is 0. The fourth-order valence-electron chi connectivity index (χ4n) is 3.90. The molecule has 1 aromatic rings. The Balaban J connectivity index is 1.77. The number of carboxylic acid groups (broad SMARTS) is 1. The highest BCUT2D eigenvalue weighted by Crippen LogP contribution is 2.34. The zero-order valence-corrected chi connectivity index (χ0v) is 16.4. The molecule has 1 fully saturated rings. The van der Waals surface area contributed by atoms with E-state index >= 15 is 0 Å². The normalized spacial score (nSPS) is 23.4. The maximum Gasteiger partial charge on any atom is 0.303 e. The first kappa shape index (κ1) is 22.3. The van der Waals surface area contributed by atoms with Gasteiger partial charge in [0.2, 0.25) is 0 Å². The number of aryl methyl sites for hydroxylation is 1. The van der Waals surface area contributed by atoms with E-state index in [1.54, 1.807) is 6.08 Å². The van der Waals surface area contributed by atoms with Crippen molar-refractivity contribution in [2.75, 3.05) is 0 Å². The lowest BCUT2D eigenvalue weighted by Crippen LogP contribution is -2.19. The van der Waals surface area contributed by atoms with Crippen molar-refractivity contribution in [3.63, 3.8) is 0 Å². The number of carbonyl (C=O) groups excluding carboxylic acids is 1. The average Bonchev–Trinajstić information content (AvgIpc) is 2.94. The molecule has 5 heteroatoms. The lowest BCUT2D eigenvalue weighted by molar-refractivity contribution is -0.137. The van der Waals surface area contributed by atoms with Crippen LogP contribution in [0.5, 0.6) is 0 Å². The maximum atomic E-state index is 12.2. The molecule has 1 aromatic carbocycles. The summed E-state index contributed by atoms with van der Waals surface area (Å²) in [5.41, 5.74) is 1.17. The average molecular weight is 389 g/mol. The quantitative estimate of drug-likeness (QED) is 0.376. The molecule has 0 spiro atoms. The van der Waals surface area contributed by atoms with Crippen LogP contribution in [0.25, 0.3) is 0 Å². The molecule has 0 radical (unpaired) electrons. The summed E-state index contributed by atoms with van der Waals surface area (Å²) in [5, 5.41) is 29.1. The highest BCUT2D eigenvalue weighted by atomic mass is 16.4. The van der Waals surface area contributed by atoms with E-state index in [4.69, 9.17) is 5.11 Å². The lowest BCUT2D eigenvalue weighted by atomic mass is 9.88. The molecule has 1 aliphatic carbocycles. The van der Waals surface area contributed by atoms with Crippen molar-refractivity contribution in [2.24, 2.45) is 11.8 Å². The summed E-state index contributed by atoms with van der Waals surface area (Å²) in [4.78, 5) is 22.7. The Hall–Kier alpha value is -1.98. The smallest absolute Gasteiger partial charge is 0.303 e. The molecule has 0 saturated heterocycles. The van der Waals surface area contributed by atoms with Crippen LogP contribution < -0.4 is 0 Å². The van der Waals surface area contributed by atoms with Crippen molar-refractivity contribution < 1.29 is 24.9 Å². The first-order valence-electron chi connectivity index (χ1n) is 10.3. The van der Waals surface area contributed by atoms with Gasteiger partial charge in [-0.3, -0.25) is 9.59 Å². The molecule has 28 heavy (non-hydrogen) atoms. The van der Waals surface area contributed by atoms with Crippen LogP contribution in [0.1, 0.15) is 56.9 Å². The minimum atomic E-state index is -0.773. The van der Waals surface area contributed by atoms with Gasteiger partial charge in [0, 0.05) is 24.7 Å².